The average Bonchev–Trinajstić information content (AvgIpc) is 2.28. The van der Waals surface area contributed by atoms with Gasteiger partial charge in [0.2, 0.25) is 0 Å². The van der Waals surface area contributed by atoms with Crippen LogP contribution in [0.2, 0.25) is 5.15 Å². The first-order valence-electron chi connectivity index (χ1n) is 6.36. The van der Waals surface area contributed by atoms with Gasteiger partial charge in [-0.15, -0.1) is 0 Å². The second-order valence-corrected chi connectivity index (χ2v) is 5.28. The van der Waals surface area contributed by atoms with Crippen molar-refractivity contribution in [3.05, 3.63) is 17.0 Å². The first kappa shape index (κ1) is 15.2. The number of halogens is 1. The van der Waals surface area contributed by atoms with Gasteiger partial charge in [0.05, 0.1) is 0 Å². The molecule has 1 N–H and O–H groups in total. The lowest BCUT2D eigenvalue weighted by Crippen LogP contribution is -2.34. The summed E-state index contributed by atoms with van der Waals surface area (Å²) in [5, 5.41) is 9.51. The summed E-state index contributed by atoms with van der Waals surface area (Å²) in [4.78, 5) is 10.6. The van der Waals surface area contributed by atoms with Crippen LogP contribution in [0, 0.1) is 0 Å². The summed E-state index contributed by atoms with van der Waals surface area (Å²) >= 11 is 6.18. The first-order valence-corrected chi connectivity index (χ1v) is 6.74. The quantitative estimate of drug-likeness (QED) is 0.809. The van der Waals surface area contributed by atoms with Crippen LogP contribution in [0.3, 0.4) is 0 Å². The lowest BCUT2D eigenvalue weighted by atomic mass is 10.0. The van der Waals surface area contributed by atoms with E-state index in [1.165, 1.54) is 6.33 Å². The van der Waals surface area contributed by atoms with E-state index in [0.717, 1.165) is 24.3 Å². The molecule has 0 aliphatic heterocycles. The van der Waals surface area contributed by atoms with Crippen molar-refractivity contribution in [1.82, 2.24) is 9.97 Å². The Morgan fingerprint density at radius 2 is 1.94 bits per heavy atom. The molecule has 1 heterocycles. The maximum atomic E-state index is 8.99. The van der Waals surface area contributed by atoms with Gasteiger partial charge in [-0.1, -0.05) is 25.4 Å². The van der Waals surface area contributed by atoms with Gasteiger partial charge in [-0.25, -0.2) is 9.97 Å². The van der Waals surface area contributed by atoms with Gasteiger partial charge in [0, 0.05) is 24.8 Å². The van der Waals surface area contributed by atoms with Crippen LogP contribution < -0.4 is 4.90 Å². The Balaban J connectivity index is 3.14. The zero-order chi connectivity index (χ0) is 13.7. The molecule has 0 radical (unpaired) electrons. The van der Waals surface area contributed by atoms with Crippen LogP contribution in [0.4, 0.5) is 5.82 Å². The summed E-state index contributed by atoms with van der Waals surface area (Å²) in [6.07, 6.45) is 2.22. The number of rotatable bonds is 6. The second kappa shape index (κ2) is 6.90. The predicted octanol–water partition coefficient (Wildman–Crippen LogP) is 2.85. The number of hydrogen-bond donors (Lipinski definition) is 1. The van der Waals surface area contributed by atoms with Crippen molar-refractivity contribution < 1.29 is 5.11 Å². The summed E-state index contributed by atoms with van der Waals surface area (Å²) in [5.74, 6) is 1.15. The summed E-state index contributed by atoms with van der Waals surface area (Å²) in [7, 11) is 0. The first-order chi connectivity index (χ1) is 8.49. The Hall–Kier alpha value is -0.870. The van der Waals surface area contributed by atoms with Crippen molar-refractivity contribution >= 4 is 17.4 Å². The average molecular weight is 272 g/mol. The molecule has 18 heavy (non-hydrogen) atoms. The zero-order valence-corrected chi connectivity index (χ0v) is 12.3. The minimum absolute atomic E-state index is 0.180. The molecule has 0 bridgehead atoms. The van der Waals surface area contributed by atoms with Crippen molar-refractivity contribution in [2.75, 3.05) is 18.1 Å². The van der Waals surface area contributed by atoms with E-state index in [9.17, 15) is 0 Å². The molecule has 1 rings (SSSR count). The zero-order valence-electron chi connectivity index (χ0n) is 11.5. The minimum Gasteiger partial charge on any atom is -0.396 e. The molecule has 0 aliphatic rings. The van der Waals surface area contributed by atoms with Gasteiger partial charge in [0.25, 0.3) is 0 Å². The van der Waals surface area contributed by atoms with E-state index in [1.54, 1.807) is 0 Å². The molecule has 0 atom stereocenters. The van der Waals surface area contributed by atoms with Crippen molar-refractivity contribution in [3.63, 3.8) is 0 Å². The fourth-order valence-corrected chi connectivity index (χ4v) is 2.29. The van der Waals surface area contributed by atoms with Crippen molar-refractivity contribution in [1.29, 1.82) is 0 Å². The molecule has 0 aliphatic carbocycles. The maximum absolute atomic E-state index is 8.99. The normalized spacial score (nSPS) is 11.3. The number of anilines is 1. The molecule has 4 nitrogen and oxygen atoms in total. The van der Waals surface area contributed by atoms with Crippen LogP contribution in [0.5, 0.6) is 0 Å². The molecule has 1 aromatic heterocycles. The summed E-state index contributed by atoms with van der Waals surface area (Å²) in [6.45, 7) is 9.33. The van der Waals surface area contributed by atoms with E-state index in [-0.39, 0.29) is 12.5 Å². The molecule has 0 amide bonds. The molecule has 0 aromatic carbocycles. The van der Waals surface area contributed by atoms with Crippen LogP contribution >= 0.6 is 11.6 Å². The van der Waals surface area contributed by atoms with E-state index >= 15 is 0 Å². The third-order valence-electron chi connectivity index (χ3n) is 2.84. The topological polar surface area (TPSA) is 49.2 Å². The Kier molecular flexibility index (Phi) is 5.82. The summed E-state index contributed by atoms with van der Waals surface area (Å²) in [6, 6.07) is 0.306. The Bertz CT molecular complexity index is 382. The monoisotopic (exact) mass is 271 g/mol. The van der Waals surface area contributed by atoms with E-state index in [0.29, 0.717) is 11.2 Å². The van der Waals surface area contributed by atoms with Gasteiger partial charge in [0.1, 0.15) is 17.3 Å². The Morgan fingerprint density at radius 1 is 1.28 bits per heavy atom. The molecule has 1 aromatic rings. The number of aliphatic hydroxyl groups is 1. The SMILES string of the molecule is CC(C)c1c(Cl)ncnc1N(CCCO)C(C)C. The molecular formula is C13H22ClN3O. The number of hydrogen-bond acceptors (Lipinski definition) is 4. The highest BCUT2D eigenvalue weighted by Crippen LogP contribution is 2.31. The van der Waals surface area contributed by atoms with Gasteiger partial charge in [-0.05, 0) is 26.2 Å². The van der Waals surface area contributed by atoms with Gasteiger partial charge in [-0.2, -0.15) is 0 Å². The van der Waals surface area contributed by atoms with Crippen LogP contribution in [0.25, 0.3) is 0 Å². The third kappa shape index (κ3) is 3.56. The van der Waals surface area contributed by atoms with E-state index in [4.69, 9.17) is 16.7 Å². The van der Waals surface area contributed by atoms with Gasteiger partial charge in [-0.3, -0.25) is 0 Å². The molecule has 0 fully saturated rings. The van der Waals surface area contributed by atoms with E-state index in [2.05, 4.69) is 42.6 Å². The molecule has 102 valence electrons. The standard InChI is InChI=1S/C13H22ClN3O/c1-9(2)11-12(14)15-8-16-13(11)17(10(3)4)6-5-7-18/h8-10,18H,5-7H2,1-4H3. The fourth-order valence-electron chi connectivity index (χ4n) is 1.94. The number of aliphatic hydroxyl groups excluding tert-OH is 1. The minimum atomic E-state index is 0.180. The summed E-state index contributed by atoms with van der Waals surface area (Å²) < 4.78 is 0. The highest BCUT2D eigenvalue weighted by Gasteiger charge is 2.20. The van der Waals surface area contributed by atoms with Crippen LogP contribution in [0.15, 0.2) is 6.33 Å². The highest BCUT2D eigenvalue weighted by atomic mass is 35.5. The lowest BCUT2D eigenvalue weighted by Gasteiger charge is -2.30. The van der Waals surface area contributed by atoms with Crippen molar-refractivity contribution in [2.45, 2.75) is 46.1 Å². The van der Waals surface area contributed by atoms with Crippen LogP contribution in [0.1, 0.15) is 45.6 Å². The smallest absolute Gasteiger partial charge is 0.138 e. The third-order valence-corrected chi connectivity index (χ3v) is 3.15. The highest BCUT2D eigenvalue weighted by molar-refractivity contribution is 6.30. The predicted molar refractivity (Wildman–Crippen MR) is 75.3 cm³/mol. The van der Waals surface area contributed by atoms with Crippen LogP contribution in [-0.4, -0.2) is 34.3 Å². The summed E-state index contributed by atoms with van der Waals surface area (Å²) in [5.41, 5.74) is 0.978. The maximum Gasteiger partial charge on any atom is 0.138 e. The van der Waals surface area contributed by atoms with Crippen LogP contribution in [-0.2, 0) is 0 Å². The van der Waals surface area contributed by atoms with E-state index in [1.807, 2.05) is 0 Å². The van der Waals surface area contributed by atoms with Gasteiger partial charge >= 0.3 is 0 Å². The van der Waals surface area contributed by atoms with Gasteiger partial charge < -0.3 is 10.0 Å². The van der Waals surface area contributed by atoms with Crippen molar-refractivity contribution in [3.8, 4) is 0 Å². The molecular weight excluding hydrogens is 250 g/mol. The molecule has 0 unspecified atom stereocenters. The number of nitrogens with zero attached hydrogens (tertiary/aromatic N) is 3. The number of aromatic nitrogens is 2. The Morgan fingerprint density at radius 3 is 2.44 bits per heavy atom. The second-order valence-electron chi connectivity index (χ2n) is 4.92. The largest absolute Gasteiger partial charge is 0.396 e. The Labute approximate surface area is 114 Å². The molecule has 0 spiro atoms. The fraction of sp³-hybridized carbons (Fsp3) is 0.692. The molecule has 0 saturated heterocycles. The van der Waals surface area contributed by atoms with Crippen molar-refractivity contribution in [2.24, 2.45) is 0 Å². The molecule has 0 saturated carbocycles. The molecule has 5 heteroatoms. The lowest BCUT2D eigenvalue weighted by molar-refractivity contribution is 0.288. The van der Waals surface area contributed by atoms with E-state index < -0.39 is 0 Å². The van der Waals surface area contributed by atoms with Gasteiger partial charge in [0.15, 0.2) is 0 Å².